The Morgan fingerprint density at radius 3 is 2.78 bits per heavy atom. The predicted octanol–water partition coefficient (Wildman–Crippen LogP) is 2.12. The van der Waals surface area contributed by atoms with E-state index in [1.54, 1.807) is 0 Å². The van der Waals surface area contributed by atoms with E-state index in [-0.39, 0.29) is 0 Å². The second-order valence-corrected chi connectivity index (χ2v) is 6.47. The maximum Gasteiger partial charge on any atom is 0.0331 e. The first-order valence-corrected chi connectivity index (χ1v) is 7.74. The van der Waals surface area contributed by atoms with E-state index in [4.69, 9.17) is 5.73 Å². The van der Waals surface area contributed by atoms with Gasteiger partial charge in [-0.3, -0.25) is 4.90 Å². The van der Waals surface area contributed by atoms with E-state index in [0.29, 0.717) is 12.6 Å². The van der Waals surface area contributed by atoms with Gasteiger partial charge < -0.3 is 10.6 Å². The van der Waals surface area contributed by atoms with Gasteiger partial charge in [0.15, 0.2) is 0 Å². The molecule has 0 spiro atoms. The third kappa shape index (κ3) is 3.54. The van der Waals surface area contributed by atoms with E-state index in [1.165, 1.54) is 42.2 Å². The van der Waals surface area contributed by atoms with Crippen molar-refractivity contribution in [2.45, 2.75) is 38.9 Å². The van der Waals surface area contributed by atoms with Crippen molar-refractivity contribution in [2.75, 3.05) is 26.7 Å². The lowest BCUT2D eigenvalue weighted by molar-refractivity contribution is 0.177. The molecule has 0 aliphatic carbocycles. The summed E-state index contributed by atoms with van der Waals surface area (Å²) in [6, 6.07) is 5.11. The van der Waals surface area contributed by atoms with Crippen LogP contribution in [0.25, 0.3) is 0 Å². The fourth-order valence-corrected chi connectivity index (χ4v) is 3.63. The highest BCUT2D eigenvalue weighted by atomic mass is 32.1. The Bertz CT molecular complexity index is 364. The zero-order valence-corrected chi connectivity index (χ0v) is 12.4. The largest absolute Gasteiger partial charge is 0.326 e. The van der Waals surface area contributed by atoms with Gasteiger partial charge in [0.25, 0.3) is 0 Å². The van der Waals surface area contributed by atoms with Gasteiger partial charge in [-0.15, -0.1) is 11.3 Å². The number of hydrogen-bond acceptors (Lipinski definition) is 4. The third-order valence-electron chi connectivity index (χ3n) is 3.77. The molecule has 4 heteroatoms. The Labute approximate surface area is 115 Å². The van der Waals surface area contributed by atoms with Crippen LogP contribution in [0, 0.1) is 0 Å². The van der Waals surface area contributed by atoms with Crippen molar-refractivity contribution in [1.29, 1.82) is 0 Å². The molecule has 102 valence electrons. The monoisotopic (exact) mass is 267 g/mol. The van der Waals surface area contributed by atoms with Gasteiger partial charge in [0.2, 0.25) is 0 Å². The van der Waals surface area contributed by atoms with Crippen LogP contribution in [0.2, 0.25) is 0 Å². The number of likely N-dealkylation sites (N-methyl/N-ethyl adjacent to an activating group) is 1. The molecule has 1 aliphatic heterocycles. The molecule has 0 bridgehead atoms. The molecule has 2 rings (SSSR count). The minimum Gasteiger partial charge on any atom is -0.326 e. The van der Waals surface area contributed by atoms with Crippen LogP contribution in [0.5, 0.6) is 0 Å². The van der Waals surface area contributed by atoms with Crippen LogP contribution in [0.1, 0.15) is 29.5 Å². The molecule has 1 aliphatic rings. The Morgan fingerprint density at radius 1 is 1.33 bits per heavy atom. The highest BCUT2D eigenvalue weighted by Crippen LogP contribution is 2.21. The van der Waals surface area contributed by atoms with Crippen LogP contribution in [-0.2, 0) is 13.1 Å². The van der Waals surface area contributed by atoms with Crippen molar-refractivity contribution >= 4 is 11.3 Å². The minimum atomic E-state index is 0.671. The van der Waals surface area contributed by atoms with Gasteiger partial charge in [-0.05, 0) is 38.6 Å². The lowest BCUT2D eigenvalue weighted by Crippen LogP contribution is -2.39. The van der Waals surface area contributed by atoms with Crippen molar-refractivity contribution in [3.05, 3.63) is 21.9 Å². The van der Waals surface area contributed by atoms with Crippen molar-refractivity contribution in [2.24, 2.45) is 5.73 Å². The summed E-state index contributed by atoms with van der Waals surface area (Å²) in [6.45, 7) is 7.72. The molecule has 3 nitrogen and oxygen atoms in total. The lowest BCUT2D eigenvalue weighted by atomic mass is 10.2. The summed E-state index contributed by atoms with van der Waals surface area (Å²) < 4.78 is 0. The zero-order chi connectivity index (χ0) is 13.0. The van der Waals surface area contributed by atoms with Gasteiger partial charge >= 0.3 is 0 Å². The molecule has 18 heavy (non-hydrogen) atoms. The maximum absolute atomic E-state index is 5.68. The Balaban J connectivity index is 2.01. The first kappa shape index (κ1) is 14.0. The summed E-state index contributed by atoms with van der Waals surface area (Å²) >= 11 is 1.87. The quantitative estimate of drug-likeness (QED) is 0.907. The van der Waals surface area contributed by atoms with Crippen LogP contribution >= 0.6 is 11.3 Å². The number of nitrogens with two attached hydrogens (primary N) is 1. The minimum absolute atomic E-state index is 0.671. The van der Waals surface area contributed by atoms with Crippen molar-refractivity contribution < 1.29 is 0 Å². The van der Waals surface area contributed by atoms with E-state index >= 15 is 0 Å². The first-order valence-electron chi connectivity index (χ1n) is 6.93. The molecule has 0 amide bonds. The number of hydrogen-bond donors (Lipinski definition) is 1. The topological polar surface area (TPSA) is 32.5 Å². The second-order valence-electron chi connectivity index (χ2n) is 5.22. The van der Waals surface area contributed by atoms with Gasteiger partial charge in [0.1, 0.15) is 0 Å². The Morgan fingerprint density at radius 2 is 2.11 bits per heavy atom. The van der Waals surface area contributed by atoms with Crippen LogP contribution in [0.15, 0.2) is 12.1 Å². The molecular formula is C14H25N3S. The average Bonchev–Trinajstić information content (AvgIpc) is 2.74. The Hall–Kier alpha value is -0.420. The SMILES string of the molecule is CCC1CN(C)CCCN1Cc1ccc(CN)s1. The molecule has 1 aromatic heterocycles. The molecule has 1 aromatic rings. The van der Waals surface area contributed by atoms with E-state index in [1.807, 2.05) is 11.3 Å². The van der Waals surface area contributed by atoms with Crippen LogP contribution in [0.4, 0.5) is 0 Å². The van der Waals surface area contributed by atoms with Gasteiger partial charge in [0, 0.05) is 42.0 Å². The highest BCUT2D eigenvalue weighted by Gasteiger charge is 2.22. The van der Waals surface area contributed by atoms with Gasteiger partial charge in [0.05, 0.1) is 0 Å². The van der Waals surface area contributed by atoms with Gasteiger partial charge in [-0.1, -0.05) is 6.92 Å². The highest BCUT2D eigenvalue weighted by molar-refractivity contribution is 7.11. The molecule has 0 aromatic carbocycles. The fraction of sp³-hybridized carbons (Fsp3) is 0.714. The molecule has 1 saturated heterocycles. The third-order valence-corrected chi connectivity index (χ3v) is 4.86. The summed E-state index contributed by atoms with van der Waals surface area (Å²) in [5, 5.41) is 0. The van der Waals surface area contributed by atoms with Crippen molar-refractivity contribution in [1.82, 2.24) is 9.80 Å². The number of rotatable bonds is 4. The van der Waals surface area contributed by atoms with E-state index in [2.05, 4.69) is 35.9 Å². The molecular weight excluding hydrogens is 242 g/mol. The standard InChI is InChI=1S/C14H25N3S/c1-3-12-10-16(2)7-4-8-17(12)11-14-6-5-13(9-15)18-14/h5-6,12H,3-4,7-11,15H2,1-2H3. The molecule has 1 unspecified atom stereocenters. The number of thiophene rings is 1. The molecule has 2 heterocycles. The number of nitrogens with zero attached hydrogens (tertiary/aromatic N) is 2. The summed E-state index contributed by atoms with van der Waals surface area (Å²) in [5.41, 5.74) is 5.68. The fourth-order valence-electron chi connectivity index (χ4n) is 2.71. The van der Waals surface area contributed by atoms with Gasteiger partial charge in [-0.2, -0.15) is 0 Å². The average molecular weight is 267 g/mol. The summed E-state index contributed by atoms with van der Waals surface area (Å²) in [7, 11) is 2.24. The first-order chi connectivity index (χ1) is 8.72. The van der Waals surface area contributed by atoms with Crippen LogP contribution in [0.3, 0.4) is 0 Å². The van der Waals surface area contributed by atoms with E-state index < -0.39 is 0 Å². The molecule has 0 radical (unpaired) electrons. The second kappa shape index (κ2) is 6.66. The van der Waals surface area contributed by atoms with E-state index in [9.17, 15) is 0 Å². The van der Waals surface area contributed by atoms with Crippen LogP contribution in [-0.4, -0.2) is 42.5 Å². The lowest BCUT2D eigenvalue weighted by Gasteiger charge is -2.29. The molecule has 1 fully saturated rings. The maximum atomic E-state index is 5.68. The van der Waals surface area contributed by atoms with Crippen molar-refractivity contribution in [3.63, 3.8) is 0 Å². The summed E-state index contributed by atoms with van der Waals surface area (Å²) in [5.74, 6) is 0. The molecule has 0 saturated carbocycles. The summed E-state index contributed by atoms with van der Waals surface area (Å²) in [6.07, 6.45) is 2.52. The normalized spacial score (nSPS) is 23.2. The van der Waals surface area contributed by atoms with E-state index in [0.717, 1.165) is 6.54 Å². The summed E-state index contributed by atoms with van der Waals surface area (Å²) in [4.78, 5) is 7.87. The molecule has 1 atom stereocenters. The molecule has 2 N–H and O–H groups in total. The predicted molar refractivity (Wildman–Crippen MR) is 78.8 cm³/mol. The van der Waals surface area contributed by atoms with Gasteiger partial charge in [-0.25, -0.2) is 0 Å². The van der Waals surface area contributed by atoms with Crippen molar-refractivity contribution in [3.8, 4) is 0 Å². The Kier molecular flexibility index (Phi) is 5.18. The van der Waals surface area contributed by atoms with Crippen LogP contribution < -0.4 is 5.73 Å². The zero-order valence-electron chi connectivity index (χ0n) is 11.6. The smallest absolute Gasteiger partial charge is 0.0331 e.